The SMILES string of the molecule is CC(=O)NC1(c2noc(CCC(=O)N(c3ccc4[nH]ccc4c3)C(C)CC(C)C)n2)CCCCCC1. The van der Waals surface area contributed by atoms with Crippen molar-refractivity contribution in [2.24, 2.45) is 5.92 Å². The number of nitrogens with one attached hydrogen (secondary N) is 2. The first-order chi connectivity index (χ1) is 17.3. The van der Waals surface area contributed by atoms with Gasteiger partial charge >= 0.3 is 0 Å². The van der Waals surface area contributed by atoms with E-state index in [9.17, 15) is 9.59 Å². The minimum Gasteiger partial charge on any atom is -0.361 e. The van der Waals surface area contributed by atoms with Crippen molar-refractivity contribution in [3.8, 4) is 0 Å². The molecule has 36 heavy (non-hydrogen) atoms. The molecule has 8 heteroatoms. The van der Waals surface area contributed by atoms with E-state index in [1.54, 1.807) is 0 Å². The normalized spacial score (nSPS) is 16.6. The highest BCUT2D eigenvalue weighted by Gasteiger charge is 2.38. The molecule has 0 aliphatic heterocycles. The second kappa shape index (κ2) is 11.3. The summed E-state index contributed by atoms with van der Waals surface area (Å²) in [6.07, 6.45) is 9.34. The van der Waals surface area contributed by atoms with Gasteiger partial charge in [0, 0.05) is 48.6 Å². The molecule has 2 amide bonds. The first-order valence-electron chi connectivity index (χ1n) is 13.3. The van der Waals surface area contributed by atoms with Gasteiger partial charge in [-0.05, 0) is 56.4 Å². The van der Waals surface area contributed by atoms with Crippen molar-refractivity contribution in [2.45, 2.75) is 97.1 Å². The molecule has 1 fully saturated rings. The summed E-state index contributed by atoms with van der Waals surface area (Å²) in [7, 11) is 0. The predicted octanol–water partition coefficient (Wildman–Crippen LogP) is 5.64. The van der Waals surface area contributed by atoms with Crippen molar-refractivity contribution in [2.75, 3.05) is 4.90 Å². The molecule has 1 unspecified atom stereocenters. The fourth-order valence-electron chi connectivity index (χ4n) is 5.58. The molecular weight excluding hydrogens is 454 g/mol. The lowest BCUT2D eigenvalue weighted by Crippen LogP contribution is -2.45. The Hall–Kier alpha value is -3.16. The van der Waals surface area contributed by atoms with Crippen molar-refractivity contribution in [3.05, 3.63) is 42.2 Å². The quantitative estimate of drug-likeness (QED) is 0.376. The van der Waals surface area contributed by atoms with Crippen LogP contribution in [0.15, 0.2) is 35.0 Å². The topological polar surface area (TPSA) is 104 Å². The van der Waals surface area contributed by atoms with E-state index in [-0.39, 0.29) is 24.3 Å². The summed E-state index contributed by atoms with van der Waals surface area (Å²) in [5.41, 5.74) is 1.36. The van der Waals surface area contributed by atoms with Crippen LogP contribution in [-0.4, -0.2) is 33.0 Å². The number of fused-ring (bicyclic) bond motifs is 1. The van der Waals surface area contributed by atoms with Gasteiger partial charge in [-0.1, -0.05) is 44.7 Å². The second-order valence-electron chi connectivity index (χ2n) is 10.7. The number of H-pyrrole nitrogens is 1. The molecule has 2 aromatic heterocycles. The van der Waals surface area contributed by atoms with Gasteiger partial charge in [-0.2, -0.15) is 4.98 Å². The Bertz CT molecular complexity index is 1170. The number of aryl methyl sites for hydroxylation is 1. The molecule has 0 radical (unpaired) electrons. The summed E-state index contributed by atoms with van der Waals surface area (Å²) in [4.78, 5) is 35.3. The van der Waals surface area contributed by atoms with Crippen LogP contribution in [0, 0.1) is 5.92 Å². The lowest BCUT2D eigenvalue weighted by Gasteiger charge is -2.31. The van der Waals surface area contributed by atoms with E-state index in [4.69, 9.17) is 4.52 Å². The molecule has 3 aromatic rings. The molecule has 0 bridgehead atoms. The van der Waals surface area contributed by atoms with E-state index in [0.29, 0.717) is 24.1 Å². The van der Waals surface area contributed by atoms with Gasteiger partial charge in [-0.15, -0.1) is 0 Å². The Balaban J connectivity index is 1.51. The monoisotopic (exact) mass is 493 g/mol. The minimum absolute atomic E-state index is 0.0313. The molecule has 1 aliphatic rings. The Morgan fingerprint density at radius 2 is 1.89 bits per heavy atom. The zero-order chi connectivity index (χ0) is 25.7. The highest BCUT2D eigenvalue weighted by molar-refractivity contribution is 5.96. The molecule has 0 saturated heterocycles. The first kappa shape index (κ1) is 25.9. The summed E-state index contributed by atoms with van der Waals surface area (Å²) >= 11 is 0. The number of hydrogen-bond donors (Lipinski definition) is 2. The molecule has 1 aromatic carbocycles. The number of rotatable bonds is 9. The molecule has 1 atom stereocenters. The largest absolute Gasteiger partial charge is 0.361 e. The van der Waals surface area contributed by atoms with Crippen molar-refractivity contribution in [1.29, 1.82) is 0 Å². The number of aromatic amines is 1. The summed E-state index contributed by atoms with van der Waals surface area (Å²) in [5, 5.41) is 8.45. The number of nitrogens with zero attached hydrogens (tertiary/aromatic N) is 3. The number of carbonyl (C=O) groups excluding carboxylic acids is 2. The van der Waals surface area contributed by atoms with Gasteiger partial charge in [0.05, 0.1) is 0 Å². The van der Waals surface area contributed by atoms with Crippen LogP contribution in [0.4, 0.5) is 5.69 Å². The van der Waals surface area contributed by atoms with Crippen LogP contribution in [-0.2, 0) is 21.5 Å². The molecule has 4 rings (SSSR count). The fourth-order valence-corrected chi connectivity index (χ4v) is 5.58. The summed E-state index contributed by atoms with van der Waals surface area (Å²) in [6.45, 7) is 7.98. The van der Waals surface area contributed by atoms with Crippen LogP contribution in [0.3, 0.4) is 0 Å². The molecule has 1 aliphatic carbocycles. The van der Waals surface area contributed by atoms with Crippen molar-refractivity contribution >= 4 is 28.4 Å². The maximum Gasteiger partial charge on any atom is 0.227 e. The van der Waals surface area contributed by atoms with E-state index < -0.39 is 5.54 Å². The van der Waals surface area contributed by atoms with Crippen LogP contribution in [0.5, 0.6) is 0 Å². The molecule has 2 heterocycles. The lowest BCUT2D eigenvalue weighted by molar-refractivity contribution is -0.121. The minimum atomic E-state index is -0.585. The number of benzene rings is 1. The summed E-state index contributed by atoms with van der Waals surface area (Å²) in [5.74, 6) is 1.38. The standard InChI is InChI=1S/C28H39N5O3/c1-19(2)17-20(3)33(23-9-10-24-22(18-23)13-16-29-24)26(35)12-11-25-30-27(32-36-25)28(31-21(4)34)14-7-5-6-8-15-28/h9-10,13,16,18-20,29H,5-8,11-12,14-15,17H2,1-4H3,(H,31,34). The van der Waals surface area contributed by atoms with Gasteiger partial charge < -0.3 is 19.7 Å². The van der Waals surface area contributed by atoms with Crippen molar-refractivity contribution in [3.63, 3.8) is 0 Å². The van der Waals surface area contributed by atoms with Crippen LogP contribution < -0.4 is 10.2 Å². The van der Waals surface area contributed by atoms with E-state index in [1.165, 1.54) is 6.92 Å². The van der Waals surface area contributed by atoms with Crippen molar-refractivity contribution < 1.29 is 14.1 Å². The third kappa shape index (κ3) is 5.97. The van der Waals surface area contributed by atoms with Crippen LogP contribution in [0.2, 0.25) is 0 Å². The first-order valence-corrected chi connectivity index (χ1v) is 13.3. The van der Waals surface area contributed by atoms with E-state index in [1.807, 2.05) is 29.3 Å². The highest BCUT2D eigenvalue weighted by Crippen LogP contribution is 2.35. The molecule has 8 nitrogen and oxygen atoms in total. The van der Waals surface area contributed by atoms with Gasteiger partial charge in [0.15, 0.2) is 5.82 Å². The van der Waals surface area contributed by atoms with Gasteiger partial charge in [0.1, 0.15) is 5.54 Å². The molecule has 194 valence electrons. The fraction of sp³-hybridized carbons (Fsp3) is 0.571. The summed E-state index contributed by atoms with van der Waals surface area (Å²) < 4.78 is 5.59. The Morgan fingerprint density at radius 3 is 2.58 bits per heavy atom. The Kier molecular flexibility index (Phi) is 8.11. The van der Waals surface area contributed by atoms with Gasteiger partial charge in [0.2, 0.25) is 17.7 Å². The van der Waals surface area contributed by atoms with Crippen LogP contribution in [0.1, 0.15) is 90.8 Å². The average molecular weight is 494 g/mol. The zero-order valence-electron chi connectivity index (χ0n) is 22.0. The molecular formula is C28H39N5O3. The maximum atomic E-state index is 13.5. The van der Waals surface area contributed by atoms with Crippen LogP contribution >= 0.6 is 0 Å². The number of hydrogen-bond acceptors (Lipinski definition) is 5. The van der Waals surface area contributed by atoms with Crippen molar-refractivity contribution in [1.82, 2.24) is 20.4 Å². The number of amides is 2. The smallest absolute Gasteiger partial charge is 0.227 e. The third-order valence-corrected chi connectivity index (χ3v) is 7.16. The average Bonchev–Trinajstić information content (AvgIpc) is 3.43. The van der Waals surface area contributed by atoms with E-state index in [2.05, 4.69) is 47.3 Å². The maximum absolute atomic E-state index is 13.5. The number of anilines is 1. The molecule has 2 N–H and O–H groups in total. The second-order valence-corrected chi connectivity index (χ2v) is 10.7. The number of carbonyl (C=O) groups is 2. The van der Waals surface area contributed by atoms with E-state index >= 15 is 0 Å². The molecule has 1 saturated carbocycles. The Labute approximate surface area is 213 Å². The van der Waals surface area contributed by atoms with Crippen LogP contribution in [0.25, 0.3) is 10.9 Å². The van der Waals surface area contributed by atoms with Gasteiger partial charge in [-0.25, -0.2) is 0 Å². The van der Waals surface area contributed by atoms with Gasteiger partial charge in [-0.3, -0.25) is 9.59 Å². The third-order valence-electron chi connectivity index (χ3n) is 7.16. The van der Waals surface area contributed by atoms with Gasteiger partial charge in [0.25, 0.3) is 0 Å². The molecule has 0 spiro atoms. The van der Waals surface area contributed by atoms with E-state index in [0.717, 1.165) is 61.5 Å². The highest BCUT2D eigenvalue weighted by atomic mass is 16.5. The Morgan fingerprint density at radius 1 is 1.14 bits per heavy atom. The summed E-state index contributed by atoms with van der Waals surface area (Å²) in [6, 6.07) is 8.16. The number of aromatic nitrogens is 3. The lowest BCUT2D eigenvalue weighted by atomic mass is 9.89. The predicted molar refractivity (Wildman–Crippen MR) is 141 cm³/mol. The zero-order valence-corrected chi connectivity index (χ0v) is 22.0.